The number of methoxy groups -OCH3 is 1. The van der Waals surface area contributed by atoms with Gasteiger partial charge < -0.3 is 9.47 Å². The Morgan fingerprint density at radius 2 is 2.09 bits per heavy atom. The van der Waals surface area contributed by atoms with E-state index in [4.69, 9.17) is 21.1 Å². The zero-order valence-electron chi connectivity index (χ0n) is 12.7. The van der Waals surface area contributed by atoms with Crippen molar-refractivity contribution in [1.82, 2.24) is 20.6 Å². The van der Waals surface area contributed by atoms with E-state index in [1.165, 1.54) is 5.56 Å². The van der Waals surface area contributed by atoms with Crippen LogP contribution in [0, 0.1) is 6.92 Å². The van der Waals surface area contributed by atoms with Crippen molar-refractivity contribution < 1.29 is 9.47 Å². The molecule has 23 heavy (non-hydrogen) atoms. The number of hydrogen-bond acceptors (Lipinski definition) is 5. The van der Waals surface area contributed by atoms with Crippen molar-refractivity contribution in [3.8, 4) is 22.9 Å². The summed E-state index contributed by atoms with van der Waals surface area (Å²) in [6, 6.07) is 11.6. The predicted molar refractivity (Wildman–Crippen MR) is 86.7 cm³/mol. The van der Waals surface area contributed by atoms with Gasteiger partial charge in [0.05, 0.1) is 12.1 Å². The summed E-state index contributed by atoms with van der Waals surface area (Å²) in [6.45, 7) is 2.44. The molecule has 1 aromatic heterocycles. The zero-order chi connectivity index (χ0) is 16.2. The van der Waals surface area contributed by atoms with Gasteiger partial charge in [-0.2, -0.15) is 5.21 Å². The Labute approximate surface area is 138 Å². The molecule has 6 nitrogen and oxygen atoms in total. The molecule has 0 atom stereocenters. The van der Waals surface area contributed by atoms with Gasteiger partial charge in [-0.15, -0.1) is 10.2 Å². The monoisotopic (exact) mass is 330 g/mol. The summed E-state index contributed by atoms with van der Waals surface area (Å²) in [4.78, 5) is 0. The third-order valence-corrected chi connectivity index (χ3v) is 3.58. The summed E-state index contributed by atoms with van der Waals surface area (Å²) in [7, 11) is 1.56. The van der Waals surface area contributed by atoms with E-state index in [-0.39, 0.29) is 0 Å². The molecule has 0 spiro atoms. The second kappa shape index (κ2) is 6.66. The first kappa shape index (κ1) is 15.3. The van der Waals surface area contributed by atoms with Crippen LogP contribution in [0.5, 0.6) is 11.5 Å². The number of H-pyrrole nitrogens is 1. The number of benzene rings is 2. The quantitative estimate of drug-likeness (QED) is 0.776. The van der Waals surface area contributed by atoms with E-state index < -0.39 is 0 Å². The molecule has 0 unspecified atom stereocenters. The molecule has 7 heteroatoms. The molecule has 0 radical (unpaired) electrons. The highest BCUT2D eigenvalue weighted by Gasteiger charge is 2.15. The van der Waals surface area contributed by atoms with Crippen molar-refractivity contribution in [2.75, 3.05) is 7.11 Å². The van der Waals surface area contributed by atoms with Gasteiger partial charge in [0.15, 0.2) is 11.5 Å². The number of aromatic amines is 1. The van der Waals surface area contributed by atoms with E-state index in [1.807, 2.05) is 25.1 Å². The minimum atomic E-state index is 0.402. The van der Waals surface area contributed by atoms with Gasteiger partial charge in [0.2, 0.25) is 5.82 Å². The van der Waals surface area contributed by atoms with Crippen LogP contribution < -0.4 is 9.47 Å². The molecule has 1 N–H and O–H groups in total. The maximum atomic E-state index is 6.34. The molecule has 0 bridgehead atoms. The Morgan fingerprint density at radius 3 is 2.78 bits per heavy atom. The third-order valence-electron chi connectivity index (χ3n) is 3.30. The summed E-state index contributed by atoms with van der Waals surface area (Å²) < 4.78 is 11.2. The van der Waals surface area contributed by atoms with Crippen molar-refractivity contribution in [2.45, 2.75) is 13.5 Å². The Bertz CT molecular complexity index is 806. The van der Waals surface area contributed by atoms with Crippen LogP contribution in [-0.2, 0) is 6.61 Å². The van der Waals surface area contributed by atoms with Crippen LogP contribution in [0.25, 0.3) is 11.4 Å². The van der Waals surface area contributed by atoms with Gasteiger partial charge in [-0.25, -0.2) is 0 Å². The van der Waals surface area contributed by atoms with E-state index >= 15 is 0 Å². The number of ether oxygens (including phenoxy) is 2. The highest BCUT2D eigenvalue weighted by molar-refractivity contribution is 6.32. The van der Waals surface area contributed by atoms with Crippen molar-refractivity contribution >= 4 is 11.6 Å². The van der Waals surface area contributed by atoms with Crippen LogP contribution in [-0.4, -0.2) is 27.7 Å². The number of aromatic nitrogens is 4. The van der Waals surface area contributed by atoms with Gasteiger partial charge in [-0.05, 0) is 29.8 Å². The number of halogens is 1. The van der Waals surface area contributed by atoms with Gasteiger partial charge in [0, 0.05) is 5.56 Å². The highest BCUT2D eigenvalue weighted by Crippen LogP contribution is 2.39. The molecule has 0 aliphatic heterocycles. The Hall–Kier alpha value is -2.60. The Kier molecular flexibility index (Phi) is 4.43. The molecule has 3 rings (SSSR count). The summed E-state index contributed by atoms with van der Waals surface area (Å²) in [5.41, 5.74) is 2.94. The minimum Gasteiger partial charge on any atom is -0.493 e. The van der Waals surface area contributed by atoms with Gasteiger partial charge in [0.1, 0.15) is 6.61 Å². The van der Waals surface area contributed by atoms with Crippen LogP contribution in [0.4, 0.5) is 0 Å². The van der Waals surface area contributed by atoms with Crippen molar-refractivity contribution in [2.24, 2.45) is 0 Å². The topological polar surface area (TPSA) is 72.9 Å². The lowest BCUT2D eigenvalue weighted by Gasteiger charge is -2.13. The zero-order valence-corrected chi connectivity index (χ0v) is 13.5. The molecule has 0 aliphatic carbocycles. The first-order valence-corrected chi connectivity index (χ1v) is 7.35. The molecule has 1 heterocycles. The summed E-state index contributed by atoms with van der Waals surface area (Å²) in [5.74, 6) is 1.45. The third kappa shape index (κ3) is 3.43. The molecule has 118 valence electrons. The standard InChI is InChI=1S/C16H15ClN4O2/c1-10-4-3-5-11(6-10)9-23-15-13(17)7-12(8-14(15)22-2)16-18-20-21-19-16/h3-8H,9H2,1-2H3,(H,18,19,20,21). The van der Waals surface area contributed by atoms with Crippen molar-refractivity contribution in [3.05, 3.63) is 52.5 Å². The van der Waals surface area contributed by atoms with Crippen molar-refractivity contribution in [1.29, 1.82) is 0 Å². The van der Waals surface area contributed by atoms with Crippen LogP contribution in [0.1, 0.15) is 11.1 Å². The molecular weight excluding hydrogens is 316 g/mol. The van der Waals surface area contributed by atoms with Gasteiger partial charge in [-0.1, -0.05) is 41.4 Å². The molecule has 0 saturated heterocycles. The van der Waals surface area contributed by atoms with E-state index in [2.05, 4.69) is 26.7 Å². The fourth-order valence-electron chi connectivity index (χ4n) is 2.23. The number of rotatable bonds is 5. The van der Waals surface area contributed by atoms with Crippen LogP contribution in [0.3, 0.4) is 0 Å². The smallest absolute Gasteiger partial charge is 0.204 e. The number of nitrogens with zero attached hydrogens (tertiary/aromatic N) is 3. The predicted octanol–water partition coefficient (Wildman–Crippen LogP) is 3.42. The summed E-state index contributed by atoms with van der Waals surface area (Å²) in [5, 5.41) is 14.2. The average molecular weight is 331 g/mol. The van der Waals surface area contributed by atoms with E-state index in [0.717, 1.165) is 5.56 Å². The minimum absolute atomic E-state index is 0.402. The lowest BCUT2D eigenvalue weighted by atomic mass is 10.1. The first-order valence-electron chi connectivity index (χ1n) is 6.97. The lowest BCUT2D eigenvalue weighted by Crippen LogP contribution is -1.99. The molecule has 0 aliphatic rings. The fraction of sp³-hybridized carbons (Fsp3) is 0.188. The Balaban J connectivity index is 1.87. The van der Waals surface area contributed by atoms with E-state index in [1.54, 1.807) is 19.2 Å². The molecular formula is C16H15ClN4O2. The second-order valence-electron chi connectivity index (χ2n) is 5.00. The average Bonchev–Trinajstić information content (AvgIpc) is 3.07. The molecule has 0 saturated carbocycles. The molecule has 2 aromatic carbocycles. The van der Waals surface area contributed by atoms with Gasteiger partial charge in [-0.3, -0.25) is 0 Å². The number of aryl methyl sites for hydroxylation is 1. The second-order valence-corrected chi connectivity index (χ2v) is 5.41. The molecule has 3 aromatic rings. The normalized spacial score (nSPS) is 10.6. The van der Waals surface area contributed by atoms with Gasteiger partial charge in [0.25, 0.3) is 0 Å². The number of tetrazole rings is 1. The number of nitrogens with one attached hydrogen (secondary N) is 1. The Morgan fingerprint density at radius 1 is 1.22 bits per heavy atom. The number of hydrogen-bond donors (Lipinski definition) is 1. The van der Waals surface area contributed by atoms with Crippen molar-refractivity contribution in [3.63, 3.8) is 0 Å². The van der Waals surface area contributed by atoms with E-state index in [9.17, 15) is 0 Å². The maximum Gasteiger partial charge on any atom is 0.204 e. The highest BCUT2D eigenvalue weighted by atomic mass is 35.5. The molecule has 0 amide bonds. The summed E-state index contributed by atoms with van der Waals surface area (Å²) in [6.07, 6.45) is 0. The fourth-order valence-corrected chi connectivity index (χ4v) is 2.50. The summed E-state index contributed by atoms with van der Waals surface area (Å²) >= 11 is 6.34. The SMILES string of the molecule is COc1cc(-c2nn[nH]n2)cc(Cl)c1OCc1cccc(C)c1. The van der Waals surface area contributed by atoms with Gasteiger partial charge >= 0.3 is 0 Å². The van der Waals surface area contributed by atoms with E-state index in [0.29, 0.717) is 34.5 Å². The lowest BCUT2D eigenvalue weighted by molar-refractivity contribution is 0.285. The van der Waals surface area contributed by atoms with Crippen LogP contribution in [0.2, 0.25) is 5.02 Å². The van der Waals surface area contributed by atoms with Crippen LogP contribution in [0.15, 0.2) is 36.4 Å². The van der Waals surface area contributed by atoms with Crippen LogP contribution >= 0.6 is 11.6 Å². The largest absolute Gasteiger partial charge is 0.493 e. The first-order chi connectivity index (χ1) is 11.2. The molecule has 0 fully saturated rings. The maximum absolute atomic E-state index is 6.34.